The van der Waals surface area contributed by atoms with Crippen LogP contribution in [0.5, 0.6) is 0 Å². The number of ketones is 1. The zero-order chi connectivity index (χ0) is 21.1. The Morgan fingerprint density at radius 2 is 1.76 bits per heavy atom. The van der Waals surface area contributed by atoms with Crippen LogP contribution in [-0.2, 0) is 9.59 Å². The van der Waals surface area contributed by atoms with Gasteiger partial charge in [0, 0.05) is 27.5 Å². The van der Waals surface area contributed by atoms with E-state index in [0.29, 0.717) is 12.1 Å². The first-order valence-electron chi connectivity index (χ1n) is 9.36. The molecule has 1 saturated heterocycles. The van der Waals surface area contributed by atoms with Gasteiger partial charge < -0.3 is 14.9 Å². The minimum Gasteiger partial charge on any atom is -0.872 e. The van der Waals surface area contributed by atoms with Crippen LogP contribution in [0.2, 0.25) is 0 Å². The second-order valence-electron chi connectivity index (χ2n) is 7.35. The van der Waals surface area contributed by atoms with E-state index < -0.39 is 23.5 Å². The van der Waals surface area contributed by atoms with Crippen molar-refractivity contribution in [3.05, 3.63) is 74.2 Å². The molecule has 1 atom stereocenters. The monoisotopic (exact) mass is 520 g/mol. The van der Waals surface area contributed by atoms with Gasteiger partial charge in [0.2, 0.25) is 5.78 Å². The van der Waals surface area contributed by atoms with Gasteiger partial charge in [-0.2, -0.15) is 0 Å². The fraction of sp³-hybridized carbons (Fsp3) is 0.273. The van der Waals surface area contributed by atoms with Crippen molar-refractivity contribution < 1.29 is 19.6 Å². The van der Waals surface area contributed by atoms with Crippen LogP contribution in [0.1, 0.15) is 23.6 Å². The Morgan fingerprint density at radius 3 is 2.38 bits per heavy atom. The van der Waals surface area contributed by atoms with Gasteiger partial charge in [0.25, 0.3) is 5.91 Å². The first-order chi connectivity index (χ1) is 13.8. The quantitative estimate of drug-likeness (QED) is 0.359. The molecule has 3 rings (SSSR count). The van der Waals surface area contributed by atoms with Crippen molar-refractivity contribution in [3.8, 4) is 0 Å². The SMILES string of the molecule is C[NH+](C)CCCN1C(=O)C(=O)C(=C([O-])c2ccc(Br)cc2)C1c1cccc(Br)c1. The molecule has 0 bridgehead atoms. The summed E-state index contributed by atoms with van der Waals surface area (Å²) in [5, 5.41) is 13.2. The molecule has 5 nitrogen and oxygen atoms in total. The second kappa shape index (κ2) is 9.24. The van der Waals surface area contributed by atoms with E-state index in [1.807, 2.05) is 38.4 Å². The number of benzene rings is 2. The number of halogens is 2. The zero-order valence-electron chi connectivity index (χ0n) is 16.2. The molecule has 29 heavy (non-hydrogen) atoms. The summed E-state index contributed by atoms with van der Waals surface area (Å²) in [5.41, 5.74) is 1.16. The average molecular weight is 522 g/mol. The second-order valence-corrected chi connectivity index (χ2v) is 9.18. The fourth-order valence-corrected chi connectivity index (χ4v) is 4.17. The maximum atomic E-state index is 13.2. The van der Waals surface area contributed by atoms with Gasteiger partial charge in [0.1, 0.15) is 0 Å². The molecule has 0 spiro atoms. The molecule has 152 valence electrons. The lowest BCUT2D eigenvalue weighted by molar-refractivity contribution is -0.858. The number of rotatable bonds is 6. The summed E-state index contributed by atoms with van der Waals surface area (Å²) in [6.07, 6.45) is 0.742. The molecular weight excluding hydrogens is 500 g/mol. The van der Waals surface area contributed by atoms with E-state index in [1.54, 1.807) is 29.2 Å². The van der Waals surface area contributed by atoms with Crippen molar-refractivity contribution in [2.45, 2.75) is 12.5 Å². The summed E-state index contributed by atoms with van der Waals surface area (Å²) >= 11 is 6.80. The summed E-state index contributed by atoms with van der Waals surface area (Å²) in [5.74, 6) is -1.72. The molecule has 1 unspecified atom stereocenters. The molecule has 1 aliphatic heterocycles. The first kappa shape index (κ1) is 21.7. The number of quaternary nitrogens is 1. The van der Waals surface area contributed by atoms with Crippen LogP contribution in [0.15, 0.2) is 63.0 Å². The van der Waals surface area contributed by atoms with Gasteiger partial charge in [-0.15, -0.1) is 0 Å². The van der Waals surface area contributed by atoms with E-state index in [9.17, 15) is 14.7 Å². The molecule has 1 fully saturated rings. The van der Waals surface area contributed by atoms with Crippen molar-refractivity contribution in [2.24, 2.45) is 0 Å². The lowest BCUT2D eigenvalue weighted by atomic mass is 9.95. The third-order valence-corrected chi connectivity index (χ3v) is 5.90. The van der Waals surface area contributed by atoms with Crippen molar-refractivity contribution >= 4 is 49.3 Å². The Morgan fingerprint density at radius 1 is 1.07 bits per heavy atom. The molecule has 1 N–H and O–H groups in total. The lowest BCUT2D eigenvalue weighted by Crippen LogP contribution is -3.05. The van der Waals surface area contributed by atoms with Crippen molar-refractivity contribution in [3.63, 3.8) is 0 Å². The predicted molar refractivity (Wildman–Crippen MR) is 117 cm³/mol. The number of Topliss-reactive ketones (excluding diaryl/α,β-unsaturated/α-hetero) is 1. The average Bonchev–Trinajstić information content (AvgIpc) is 2.93. The van der Waals surface area contributed by atoms with E-state index in [4.69, 9.17) is 0 Å². The summed E-state index contributed by atoms with van der Waals surface area (Å²) in [6.45, 7) is 1.28. The summed E-state index contributed by atoms with van der Waals surface area (Å²) in [7, 11) is 4.08. The van der Waals surface area contributed by atoms with Crippen molar-refractivity contribution in [1.82, 2.24) is 4.90 Å². The van der Waals surface area contributed by atoms with E-state index in [0.717, 1.165) is 27.5 Å². The van der Waals surface area contributed by atoms with Crippen LogP contribution in [0.3, 0.4) is 0 Å². The Balaban J connectivity index is 2.09. The molecule has 2 aromatic carbocycles. The highest BCUT2D eigenvalue weighted by Gasteiger charge is 2.43. The highest BCUT2D eigenvalue weighted by molar-refractivity contribution is 9.10. The Labute approximate surface area is 187 Å². The third-order valence-electron chi connectivity index (χ3n) is 4.88. The number of likely N-dealkylation sites (tertiary alicyclic amines) is 1. The minimum atomic E-state index is -0.708. The molecule has 1 aliphatic rings. The number of amides is 1. The van der Waals surface area contributed by atoms with Gasteiger partial charge in [-0.25, -0.2) is 0 Å². The number of hydrogen-bond donors (Lipinski definition) is 1. The van der Waals surface area contributed by atoms with Crippen molar-refractivity contribution in [1.29, 1.82) is 0 Å². The van der Waals surface area contributed by atoms with Crippen molar-refractivity contribution in [2.75, 3.05) is 27.2 Å². The Kier molecular flexibility index (Phi) is 6.93. The maximum Gasteiger partial charge on any atom is 0.295 e. The first-order valence-corrected chi connectivity index (χ1v) is 10.9. The molecular formula is C22H22Br2N2O3. The third kappa shape index (κ3) is 4.79. The van der Waals surface area contributed by atoms with Crippen LogP contribution in [0.4, 0.5) is 0 Å². The van der Waals surface area contributed by atoms with Gasteiger partial charge in [-0.3, -0.25) is 9.59 Å². The number of hydrogen-bond acceptors (Lipinski definition) is 3. The number of carbonyl (C=O) groups excluding carboxylic acids is 2. The highest BCUT2D eigenvalue weighted by Crippen LogP contribution is 2.39. The minimum absolute atomic E-state index is 0.0209. The van der Waals surface area contributed by atoms with Gasteiger partial charge in [0.15, 0.2) is 0 Å². The van der Waals surface area contributed by atoms with Crippen LogP contribution in [0.25, 0.3) is 5.76 Å². The van der Waals surface area contributed by atoms with Crippen LogP contribution < -0.4 is 10.0 Å². The highest BCUT2D eigenvalue weighted by atomic mass is 79.9. The Hall–Kier alpha value is -1.96. The molecule has 0 aromatic heterocycles. The van der Waals surface area contributed by atoms with Crippen LogP contribution in [-0.4, -0.2) is 43.8 Å². The van der Waals surface area contributed by atoms with Gasteiger partial charge in [-0.05, 0) is 35.4 Å². The fourth-order valence-electron chi connectivity index (χ4n) is 3.48. The zero-order valence-corrected chi connectivity index (χ0v) is 19.4. The van der Waals surface area contributed by atoms with Crippen LogP contribution in [0, 0.1) is 0 Å². The van der Waals surface area contributed by atoms with Gasteiger partial charge >= 0.3 is 0 Å². The van der Waals surface area contributed by atoms with E-state index >= 15 is 0 Å². The molecule has 0 aliphatic carbocycles. The van der Waals surface area contributed by atoms with Gasteiger partial charge in [0.05, 0.1) is 26.7 Å². The topological polar surface area (TPSA) is 64.9 Å². The smallest absolute Gasteiger partial charge is 0.295 e. The van der Waals surface area contributed by atoms with Gasteiger partial charge in [-0.1, -0.05) is 61.9 Å². The Bertz CT molecular complexity index is 955. The molecule has 0 saturated carbocycles. The van der Waals surface area contributed by atoms with E-state index in [1.165, 1.54) is 4.90 Å². The number of carbonyl (C=O) groups is 2. The number of nitrogens with one attached hydrogen (secondary N) is 1. The van der Waals surface area contributed by atoms with E-state index in [2.05, 4.69) is 31.9 Å². The standard InChI is InChI=1S/C22H22Br2N2O3/c1-25(2)11-4-12-26-19(15-5-3-6-17(24)13-15)18(21(28)22(26)29)20(27)14-7-9-16(23)10-8-14/h3,5-10,13,19,27H,4,11-12H2,1-2H3. The molecule has 0 radical (unpaired) electrons. The summed E-state index contributed by atoms with van der Waals surface area (Å²) in [4.78, 5) is 28.5. The number of nitrogens with zero attached hydrogens (tertiary/aromatic N) is 1. The molecule has 7 heteroatoms. The summed E-state index contributed by atoms with van der Waals surface area (Å²) in [6, 6.07) is 13.6. The predicted octanol–water partition coefficient (Wildman–Crippen LogP) is 1.97. The lowest BCUT2D eigenvalue weighted by Gasteiger charge is -2.27. The van der Waals surface area contributed by atoms with Crippen LogP contribution >= 0.6 is 31.9 Å². The molecule has 2 aromatic rings. The molecule has 1 amide bonds. The summed E-state index contributed by atoms with van der Waals surface area (Å²) < 4.78 is 1.67. The van der Waals surface area contributed by atoms with E-state index in [-0.39, 0.29) is 5.57 Å². The normalized spacial score (nSPS) is 18.7. The maximum absolute atomic E-state index is 13.2. The molecule has 1 heterocycles. The largest absolute Gasteiger partial charge is 0.872 e.